The maximum Gasteiger partial charge on any atom is 0.157 e. The third-order valence-corrected chi connectivity index (χ3v) is 2.21. The Morgan fingerprint density at radius 1 is 1.54 bits per heavy atom. The summed E-state index contributed by atoms with van der Waals surface area (Å²) in [7, 11) is 0. The molecular formula is C10H20O3. The minimum Gasteiger partial charge on any atom is -0.393 e. The second-order valence-electron chi connectivity index (χ2n) is 3.66. The van der Waals surface area contributed by atoms with Gasteiger partial charge in [0.05, 0.1) is 6.10 Å². The smallest absolute Gasteiger partial charge is 0.157 e. The van der Waals surface area contributed by atoms with Gasteiger partial charge in [0.2, 0.25) is 0 Å². The molecule has 0 radical (unpaired) electrons. The fraction of sp³-hybridized carbons (Fsp3) is 1.00. The van der Waals surface area contributed by atoms with Gasteiger partial charge in [-0.3, -0.25) is 0 Å². The Balaban J connectivity index is 1.92. The molecule has 1 N–H and O–H groups in total. The van der Waals surface area contributed by atoms with Gasteiger partial charge in [0.25, 0.3) is 0 Å². The van der Waals surface area contributed by atoms with E-state index in [1.165, 1.54) is 6.42 Å². The molecule has 1 heterocycles. The molecule has 0 saturated carbocycles. The van der Waals surface area contributed by atoms with Crippen molar-refractivity contribution in [2.75, 3.05) is 13.2 Å². The largest absolute Gasteiger partial charge is 0.393 e. The van der Waals surface area contributed by atoms with Gasteiger partial charge < -0.3 is 14.6 Å². The number of hydrogen-bond donors (Lipinski definition) is 1. The maximum atomic E-state index is 9.00. The molecule has 0 bridgehead atoms. The molecule has 1 fully saturated rings. The van der Waals surface area contributed by atoms with E-state index in [1.54, 1.807) is 6.92 Å². The lowest BCUT2D eigenvalue weighted by atomic mass is 10.2. The quantitative estimate of drug-likeness (QED) is 0.667. The highest BCUT2D eigenvalue weighted by Gasteiger charge is 2.13. The molecule has 13 heavy (non-hydrogen) atoms. The lowest BCUT2D eigenvalue weighted by Crippen LogP contribution is -2.22. The van der Waals surface area contributed by atoms with E-state index in [1.807, 2.05) is 0 Å². The van der Waals surface area contributed by atoms with Gasteiger partial charge in [-0.15, -0.1) is 0 Å². The van der Waals surface area contributed by atoms with Crippen LogP contribution in [0.3, 0.4) is 0 Å². The van der Waals surface area contributed by atoms with Crippen molar-refractivity contribution in [3.05, 3.63) is 0 Å². The van der Waals surface area contributed by atoms with E-state index >= 15 is 0 Å². The standard InChI is InChI=1S/C10H20O3/c1-9(11)5-4-8-13-10-6-2-3-7-12-10/h9-11H,2-8H2,1H3. The molecule has 3 heteroatoms. The molecule has 0 aromatic rings. The number of rotatable bonds is 5. The predicted molar refractivity (Wildman–Crippen MR) is 50.5 cm³/mol. The zero-order valence-electron chi connectivity index (χ0n) is 8.37. The van der Waals surface area contributed by atoms with Crippen molar-refractivity contribution in [1.82, 2.24) is 0 Å². The molecule has 1 saturated heterocycles. The SMILES string of the molecule is CC(O)CCCOC1CCCCO1. The predicted octanol–water partition coefficient (Wildman–Crippen LogP) is 1.69. The highest BCUT2D eigenvalue weighted by molar-refractivity contribution is 4.54. The Morgan fingerprint density at radius 3 is 3.00 bits per heavy atom. The lowest BCUT2D eigenvalue weighted by Gasteiger charge is -2.22. The summed E-state index contributed by atoms with van der Waals surface area (Å²) in [5, 5.41) is 9.00. The van der Waals surface area contributed by atoms with Crippen LogP contribution in [0.5, 0.6) is 0 Å². The fourth-order valence-corrected chi connectivity index (χ4v) is 1.44. The van der Waals surface area contributed by atoms with Gasteiger partial charge in [-0.2, -0.15) is 0 Å². The first-order valence-corrected chi connectivity index (χ1v) is 5.20. The van der Waals surface area contributed by atoms with Crippen LogP contribution >= 0.6 is 0 Å². The molecule has 0 spiro atoms. The molecule has 0 aromatic carbocycles. The summed E-state index contributed by atoms with van der Waals surface area (Å²) >= 11 is 0. The van der Waals surface area contributed by atoms with Crippen molar-refractivity contribution >= 4 is 0 Å². The first kappa shape index (κ1) is 11.0. The Morgan fingerprint density at radius 2 is 2.38 bits per heavy atom. The molecule has 1 aliphatic rings. The van der Waals surface area contributed by atoms with Gasteiger partial charge in [0, 0.05) is 13.2 Å². The van der Waals surface area contributed by atoms with Gasteiger partial charge >= 0.3 is 0 Å². The molecule has 2 unspecified atom stereocenters. The molecule has 0 aliphatic carbocycles. The normalized spacial score (nSPS) is 25.8. The zero-order chi connectivity index (χ0) is 9.52. The van der Waals surface area contributed by atoms with E-state index in [0.29, 0.717) is 6.61 Å². The summed E-state index contributed by atoms with van der Waals surface area (Å²) in [6, 6.07) is 0. The monoisotopic (exact) mass is 188 g/mol. The van der Waals surface area contributed by atoms with Gasteiger partial charge in [0.1, 0.15) is 0 Å². The van der Waals surface area contributed by atoms with Crippen LogP contribution in [-0.2, 0) is 9.47 Å². The van der Waals surface area contributed by atoms with Gasteiger partial charge in [-0.25, -0.2) is 0 Å². The van der Waals surface area contributed by atoms with Crippen LogP contribution in [0.2, 0.25) is 0 Å². The summed E-state index contributed by atoms with van der Waals surface area (Å²) in [5.74, 6) is 0. The van der Waals surface area contributed by atoms with Crippen LogP contribution < -0.4 is 0 Å². The molecule has 1 rings (SSSR count). The van der Waals surface area contributed by atoms with Gasteiger partial charge in [-0.05, 0) is 39.0 Å². The van der Waals surface area contributed by atoms with Crippen LogP contribution in [0.1, 0.15) is 39.0 Å². The first-order chi connectivity index (χ1) is 6.29. The fourth-order valence-electron chi connectivity index (χ4n) is 1.44. The Bertz CT molecular complexity index is 119. The van der Waals surface area contributed by atoms with Crippen molar-refractivity contribution in [1.29, 1.82) is 0 Å². The summed E-state index contributed by atoms with van der Waals surface area (Å²) in [5.41, 5.74) is 0. The van der Waals surface area contributed by atoms with E-state index in [2.05, 4.69) is 0 Å². The van der Waals surface area contributed by atoms with Crippen molar-refractivity contribution in [2.45, 2.75) is 51.4 Å². The van der Waals surface area contributed by atoms with Crippen molar-refractivity contribution in [3.63, 3.8) is 0 Å². The van der Waals surface area contributed by atoms with E-state index in [4.69, 9.17) is 14.6 Å². The second-order valence-corrected chi connectivity index (χ2v) is 3.66. The number of hydrogen-bond acceptors (Lipinski definition) is 3. The third-order valence-electron chi connectivity index (χ3n) is 2.21. The van der Waals surface area contributed by atoms with E-state index in [-0.39, 0.29) is 12.4 Å². The molecular weight excluding hydrogens is 168 g/mol. The number of aliphatic hydroxyl groups is 1. The molecule has 1 aliphatic heterocycles. The average Bonchev–Trinajstić information content (AvgIpc) is 2.14. The van der Waals surface area contributed by atoms with Gasteiger partial charge in [0.15, 0.2) is 6.29 Å². The van der Waals surface area contributed by atoms with Crippen LogP contribution in [0.25, 0.3) is 0 Å². The summed E-state index contributed by atoms with van der Waals surface area (Å²) in [6.07, 6.45) is 4.92. The molecule has 0 amide bonds. The third kappa shape index (κ3) is 5.24. The van der Waals surface area contributed by atoms with E-state index < -0.39 is 0 Å². The summed E-state index contributed by atoms with van der Waals surface area (Å²) < 4.78 is 10.9. The van der Waals surface area contributed by atoms with Crippen LogP contribution in [0, 0.1) is 0 Å². The van der Waals surface area contributed by atoms with Gasteiger partial charge in [-0.1, -0.05) is 0 Å². The average molecular weight is 188 g/mol. The topological polar surface area (TPSA) is 38.7 Å². The van der Waals surface area contributed by atoms with Crippen molar-refractivity contribution in [2.24, 2.45) is 0 Å². The van der Waals surface area contributed by atoms with Crippen molar-refractivity contribution < 1.29 is 14.6 Å². The molecule has 0 aromatic heterocycles. The Labute approximate surface area is 80.0 Å². The van der Waals surface area contributed by atoms with E-state index in [0.717, 1.165) is 32.3 Å². The Kier molecular flexibility index (Phi) is 5.35. The molecule has 2 atom stereocenters. The maximum absolute atomic E-state index is 9.00. The highest BCUT2D eigenvalue weighted by Crippen LogP contribution is 2.14. The summed E-state index contributed by atoms with van der Waals surface area (Å²) in [6.45, 7) is 3.34. The minimum absolute atomic E-state index is 0.0164. The van der Waals surface area contributed by atoms with Crippen molar-refractivity contribution in [3.8, 4) is 0 Å². The van der Waals surface area contributed by atoms with Crippen LogP contribution in [-0.4, -0.2) is 30.7 Å². The Hall–Kier alpha value is -0.120. The number of ether oxygens (including phenoxy) is 2. The minimum atomic E-state index is -0.212. The highest BCUT2D eigenvalue weighted by atomic mass is 16.7. The molecule has 3 nitrogen and oxygen atoms in total. The van der Waals surface area contributed by atoms with E-state index in [9.17, 15) is 0 Å². The molecule has 78 valence electrons. The lowest BCUT2D eigenvalue weighted by molar-refractivity contribution is -0.163. The van der Waals surface area contributed by atoms with Crippen LogP contribution in [0.15, 0.2) is 0 Å². The number of aliphatic hydroxyl groups excluding tert-OH is 1. The summed E-state index contributed by atoms with van der Waals surface area (Å²) in [4.78, 5) is 0. The zero-order valence-corrected chi connectivity index (χ0v) is 8.37. The van der Waals surface area contributed by atoms with Crippen LogP contribution in [0.4, 0.5) is 0 Å². The second kappa shape index (κ2) is 6.35. The first-order valence-electron chi connectivity index (χ1n) is 5.20.